The zero-order valence-electron chi connectivity index (χ0n) is 11.2. The highest BCUT2D eigenvalue weighted by Gasteiger charge is 2.25. The molecule has 0 saturated heterocycles. The van der Waals surface area contributed by atoms with Crippen molar-refractivity contribution in [3.8, 4) is 5.75 Å². The monoisotopic (exact) mass is 259 g/mol. The molecule has 0 amide bonds. The first kappa shape index (κ1) is 13.6. The molecule has 100 valence electrons. The average molecular weight is 259 g/mol. The van der Waals surface area contributed by atoms with Gasteiger partial charge in [0.1, 0.15) is 11.6 Å². The molecule has 0 aliphatic rings. The Bertz CT molecular complexity index is 552. The lowest BCUT2D eigenvalue weighted by Crippen LogP contribution is -2.36. The van der Waals surface area contributed by atoms with Crippen LogP contribution in [0.3, 0.4) is 0 Å². The van der Waals surface area contributed by atoms with Gasteiger partial charge in [0.15, 0.2) is 0 Å². The predicted octanol–water partition coefficient (Wildman–Crippen LogP) is 3.25. The number of hydrogen-bond donors (Lipinski definition) is 1. The molecule has 0 aliphatic heterocycles. The Morgan fingerprint density at radius 2 is 1.84 bits per heavy atom. The molecule has 3 heteroatoms. The third-order valence-corrected chi connectivity index (χ3v) is 3.21. The Hall–Kier alpha value is -1.87. The maximum atomic E-state index is 14.1. The van der Waals surface area contributed by atoms with Crippen molar-refractivity contribution in [2.75, 3.05) is 7.11 Å². The number of halogens is 1. The van der Waals surface area contributed by atoms with E-state index in [0.29, 0.717) is 17.7 Å². The van der Waals surface area contributed by atoms with Gasteiger partial charge in [-0.25, -0.2) is 4.39 Å². The van der Waals surface area contributed by atoms with E-state index in [-0.39, 0.29) is 5.82 Å². The Labute approximate surface area is 113 Å². The summed E-state index contributed by atoms with van der Waals surface area (Å²) in [7, 11) is 1.51. The first-order chi connectivity index (χ1) is 9.03. The molecule has 0 spiro atoms. The minimum atomic E-state index is -0.752. The van der Waals surface area contributed by atoms with Crippen LogP contribution < -0.4 is 10.5 Å². The summed E-state index contributed by atoms with van der Waals surface area (Å²) in [5.74, 6) is 0.164. The van der Waals surface area contributed by atoms with Crippen molar-refractivity contribution in [1.29, 1.82) is 0 Å². The van der Waals surface area contributed by atoms with Crippen LogP contribution in [0.5, 0.6) is 5.75 Å². The number of ether oxygens (including phenoxy) is 1. The highest BCUT2D eigenvalue weighted by molar-refractivity contribution is 5.34. The van der Waals surface area contributed by atoms with Crippen LogP contribution in [0.2, 0.25) is 0 Å². The smallest absolute Gasteiger partial charge is 0.131 e. The van der Waals surface area contributed by atoms with Gasteiger partial charge in [-0.2, -0.15) is 0 Å². The fourth-order valence-electron chi connectivity index (χ4n) is 2.20. The molecule has 2 nitrogen and oxygen atoms in total. The third-order valence-electron chi connectivity index (χ3n) is 3.21. The molecular weight excluding hydrogens is 241 g/mol. The van der Waals surface area contributed by atoms with E-state index in [9.17, 15) is 4.39 Å². The molecule has 1 atom stereocenters. The van der Waals surface area contributed by atoms with Crippen LogP contribution in [0.4, 0.5) is 4.39 Å². The lowest BCUT2D eigenvalue weighted by molar-refractivity contribution is 0.405. The van der Waals surface area contributed by atoms with Crippen molar-refractivity contribution >= 4 is 0 Å². The third kappa shape index (κ3) is 3.12. The second-order valence-electron chi connectivity index (χ2n) is 4.93. The van der Waals surface area contributed by atoms with E-state index in [2.05, 4.69) is 0 Å². The number of rotatable bonds is 4. The molecule has 0 heterocycles. The molecular formula is C16H18FNO. The average Bonchev–Trinajstić information content (AvgIpc) is 2.38. The minimum Gasteiger partial charge on any atom is -0.497 e. The van der Waals surface area contributed by atoms with Crippen LogP contribution in [-0.2, 0) is 12.0 Å². The van der Waals surface area contributed by atoms with E-state index in [0.717, 1.165) is 5.56 Å². The van der Waals surface area contributed by atoms with E-state index in [1.165, 1.54) is 13.2 Å². The highest BCUT2D eigenvalue weighted by Crippen LogP contribution is 2.27. The lowest BCUT2D eigenvalue weighted by Gasteiger charge is -2.26. The molecule has 2 N–H and O–H groups in total. The Kier molecular flexibility index (Phi) is 3.86. The molecule has 0 fully saturated rings. The molecule has 2 aromatic rings. The van der Waals surface area contributed by atoms with Crippen LogP contribution in [0.1, 0.15) is 18.1 Å². The predicted molar refractivity (Wildman–Crippen MR) is 74.6 cm³/mol. The molecule has 0 radical (unpaired) electrons. The van der Waals surface area contributed by atoms with E-state index >= 15 is 0 Å². The van der Waals surface area contributed by atoms with Crippen molar-refractivity contribution in [2.45, 2.75) is 18.9 Å². The van der Waals surface area contributed by atoms with Gasteiger partial charge in [0.25, 0.3) is 0 Å². The van der Waals surface area contributed by atoms with Crippen molar-refractivity contribution in [1.82, 2.24) is 0 Å². The normalized spacial score (nSPS) is 13.9. The molecule has 0 saturated carbocycles. The van der Waals surface area contributed by atoms with Crippen LogP contribution in [-0.4, -0.2) is 7.11 Å². The van der Waals surface area contributed by atoms with Crippen molar-refractivity contribution in [3.05, 3.63) is 65.5 Å². The first-order valence-corrected chi connectivity index (χ1v) is 6.20. The summed E-state index contributed by atoms with van der Waals surface area (Å²) < 4.78 is 19.1. The van der Waals surface area contributed by atoms with E-state index in [1.54, 1.807) is 12.1 Å². The summed E-state index contributed by atoms with van der Waals surface area (Å²) in [6.45, 7) is 1.84. The number of nitrogens with two attached hydrogens (primary N) is 1. The summed E-state index contributed by atoms with van der Waals surface area (Å²) in [6, 6.07) is 14.6. The second kappa shape index (κ2) is 5.41. The van der Waals surface area contributed by atoms with Gasteiger partial charge in [-0.3, -0.25) is 0 Å². The second-order valence-corrected chi connectivity index (χ2v) is 4.93. The quantitative estimate of drug-likeness (QED) is 0.914. The number of methoxy groups -OCH3 is 1. The summed E-state index contributed by atoms with van der Waals surface area (Å²) >= 11 is 0. The maximum Gasteiger partial charge on any atom is 0.131 e. The van der Waals surface area contributed by atoms with Crippen molar-refractivity contribution < 1.29 is 9.13 Å². The number of benzene rings is 2. The van der Waals surface area contributed by atoms with Gasteiger partial charge in [0, 0.05) is 17.2 Å². The molecule has 1 unspecified atom stereocenters. The van der Waals surface area contributed by atoms with E-state index < -0.39 is 5.54 Å². The standard InChI is InChI=1S/C16H18FNO/c1-16(18,11-12-6-4-3-5-7-12)14-9-8-13(19-2)10-15(14)17/h3-10H,11,18H2,1-2H3. The van der Waals surface area contributed by atoms with Crippen LogP contribution in [0, 0.1) is 5.82 Å². The maximum absolute atomic E-state index is 14.1. The minimum absolute atomic E-state index is 0.333. The summed E-state index contributed by atoms with van der Waals surface area (Å²) in [6.07, 6.45) is 0.580. The Morgan fingerprint density at radius 1 is 1.16 bits per heavy atom. The zero-order valence-corrected chi connectivity index (χ0v) is 11.2. The van der Waals surface area contributed by atoms with Crippen LogP contribution >= 0.6 is 0 Å². The summed E-state index contributed by atoms with van der Waals surface area (Å²) in [5, 5.41) is 0. The molecule has 2 aromatic carbocycles. The highest BCUT2D eigenvalue weighted by atomic mass is 19.1. The topological polar surface area (TPSA) is 35.2 Å². The van der Waals surface area contributed by atoms with Gasteiger partial charge in [-0.1, -0.05) is 36.4 Å². The van der Waals surface area contributed by atoms with Crippen LogP contribution in [0.25, 0.3) is 0 Å². The first-order valence-electron chi connectivity index (χ1n) is 6.20. The van der Waals surface area contributed by atoms with Gasteiger partial charge in [-0.15, -0.1) is 0 Å². The van der Waals surface area contributed by atoms with E-state index in [4.69, 9.17) is 10.5 Å². The SMILES string of the molecule is COc1ccc(C(C)(N)Cc2ccccc2)c(F)c1. The van der Waals surface area contributed by atoms with Crippen molar-refractivity contribution in [2.24, 2.45) is 5.73 Å². The van der Waals surface area contributed by atoms with Gasteiger partial charge in [0.2, 0.25) is 0 Å². The van der Waals surface area contributed by atoms with Crippen LogP contribution in [0.15, 0.2) is 48.5 Å². The fraction of sp³-hybridized carbons (Fsp3) is 0.250. The molecule has 0 bridgehead atoms. The molecule has 0 aromatic heterocycles. The van der Waals surface area contributed by atoms with Crippen molar-refractivity contribution in [3.63, 3.8) is 0 Å². The largest absolute Gasteiger partial charge is 0.497 e. The molecule has 2 rings (SSSR count). The zero-order chi connectivity index (χ0) is 13.9. The fourth-order valence-corrected chi connectivity index (χ4v) is 2.20. The lowest BCUT2D eigenvalue weighted by atomic mass is 9.86. The number of hydrogen-bond acceptors (Lipinski definition) is 2. The molecule has 19 heavy (non-hydrogen) atoms. The summed E-state index contributed by atoms with van der Waals surface area (Å²) in [4.78, 5) is 0. The van der Waals surface area contributed by atoms with Gasteiger partial charge < -0.3 is 10.5 Å². The Morgan fingerprint density at radius 3 is 2.42 bits per heavy atom. The van der Waals surface area contributed by atoms with Gasteiger partial charge >= 0.3 is 0 Å². The van der Waals surface area contributed by atoms with Gasteiger partial charge in [0.05, 0.1) is 7.11 Å². The van der Waals surface area contributed by atoms with E-state index in [1.807, 2.05) is 37.3 Å². The Balaban J connectivity index is 2.29. The van der Waals surface area contributed by atoms with Gasteiger partial charge in [-0.05, 0) is 25.0 Å². The molecule has 0 aliphatic carbocycles. The summed E-state index contributed by atoms with van der Waals surface area (Å²) in [5.41, 5.74) is 7.11.